The average Bonchev–Trinajstić information content (AvgIpc) is 3.18. The molecule has 164 valence electrons. The summed E-state index contributed by atoms with van der Waals surface area (Å²) in [6.07, 6.45) is 0. The van der Waals surface area contributed by atoms with Crippen molar-refractivity contribution < 1.29 is 19.4 Å². The number of carbonyl (C=O) groups is 2. The Balaban J connectivity index is 1.76. The molecule has 0 radical (unpaired) electrons. The average molecular weight is 425 g/mol. The fourth-order valence-electron chi connectivity index (χ4n) is 4.42. The van der Waals surface area contributed by atoms with Gasteiger partial charge in [-0.2, -0.15) is 5.10 Å². The van der Waals surface area contributed by atoms with Gasteiger partial charge < -0.3 is 14.7 Å². The number of hydrogen-bond donors (Lipinski definition) is 1. The molecule has 0 spiro atoms. The molecule has 2 fully saturated rings. The van der Waals surface area contributed by atoms with E-state index in [-0.39, 0.29) is 11.3 Å². The van der Waals surface area contributed by atoms with Gasteiger partial charge in [0.05, 0.1) is 36.1 Å². The Kier molecular flexibility index (Phi) is 5.93. The molecule has 0 saturated carbocycles. The molecule has 8 nitrogen and oxygen atoms in total. The number of carbonyl (C=O) groups excluding carboxylic acids is 2. The summed E-state index contributed by atoms with van der Waals surface area (Å²) in [6, 6.07) is 8.76. The fourth-order valence-corrected chi connectivity index (χ4v) is 4.42. The number of benzene rings is 1. The summed E-state index contributed by atoms with van der Waals surface area (Å²) in [5.74, 6) is -1.40. The van der Waals surface area contributed by atoms with Crippen LogP contribution in [-0.2, 0) is 21.4 Å². The minimum Gasteiger partial charge on any atom is -0.507 e. The zero-order valence-electron chi connectivity index (χ0n) is 18.2. The minimum absolute atomic E-state index is 0.123. The normalized spacial score (nSPS) is 21.8. The number of Topliss-reactive ketones (excluding diaryl/α,β-unsaturated/α-hetero) is 1. The van der Waals surface area contributed by atoms with Gasteiger partial charge in [-0.25, -0.2) is 0 Å². The second-order valence-corrected chi connectivity index (χ2v) is 8.03. The molecule has 1 aromatic heterocycles. The number of likely N-dealkylation sites (tertiary alicyclic amines) is 1. The topological polar surface area (TPSA) is 87.9 Å². The van der Waals surface area contributed by atoms with E-state index in [9.17, 15) is 14.7 Å². The number of morpholine rings is 1. The molecule has 1 aromatic carbocycles. The molecular formula is C23H28N4O4. The SMILES string of the molecule is Cc1nn(C)c(C)c1C(O)=C1C(=O)C(=O)N(CCN2CCOCC2)[C@H]1c1ccccc1. The summed E-state index contributed by atoms with van der Waals surface area (Å²) in [5, 5.41) is 15.6. The van der Waals surface area contributed by atoms with E-state index in [1.54, 1.807) is 23.6 Å². The van der Waals surface area contributed by atoms with Crippen molar-refractivity contribution in [3.05, 3.63) is 58.4 Å². The molecule has 3 heterocycles. The first kappa shape index (κ1) is 21.3. The van der Waals surface area contributed by atoms with Crippen molar-refractivity contribution in [3.63, 3.8) is 0 Å². The molecule has 2 aliphatic rings. The summed E-state index contributed by atoms with van der Waals surface area (Å²) in [5.41, 5.74) is 2.78. The second kappa shape index (κ2) is 8.64. The van der Waals surface area contributed by atoms with Crippen LogP contribution >= 0.6 is 0 Å². The van der Waals surface area contributed by atoms with Crippen molar-refractivity contribution in [2.45, 2.75) is 19.9 Å². The molecule has 1 amide bonds. The van der Waals surface area contributed by atoms with Crippen molar-refractivity contribution in [1.29, 1.82) is 0 Å². The Bertz CT molecular complexity index is 1020. The molecule has 0 aliphatic carbocycles. The Morgan fingerprint density at radius 3 is 2.42 bits per heavy atom. The van der Waals surface area contributed by atoms with Gasteiger partial charge in [-0.1, -0.05) is 30.3 Å². The van der Waals surface area contributed by atoms with E-state index in [0.717, 1.165) is 24.3 Å². The van der Waals surface area contributed by atoms with Crippen LogP contribution in [0.4, 0.5) is 0 Å². The third kappa shape index (κ3) is 3.88. The summed E-state index contributed by atoms with van der Waals surface area (Å²) in [4.78, 5) is 30.0. The molecule has 2 saturated heterocycles. The van der Waals surface area contributed by atoms with Crippen LogP contribution in [0.3, 0.4) is 0 Å². The maximum absolute atomic E-state index is 13.1. The summed E-state index contributed by atoms with van der Waals surface area (Å²) in [7, 11) is 1.79. The van der Waals surface area contributed by atoms with Gasteiger partial charge in [0.25, 0.3) is 11.7 Å². The largest absolute Gasteiger partial charge is 0.507 e. The Morgan fingerprint density at radius 1 is 1.13 bits per heavy atom. The molecule has 31 heavy (non-hydrogen) atoms. The van der Waals surface area contributed by atoms with Crippen LogP contribution < -0.4 is 0 Å². The maximum atomic E-state index is 13.1. The van der Waals surface area contributed by atoms with Gasteiger partial charge in [0.1, 0.15) is 5.76 Å². The van der Waals surface area contributed by atoms with Crippen LogP contribution in [0.15, 0.2) is 35.9 Å². The van der Waals surface area contributed by atoms with Gasteiger partial charge in [-0.3, -0.25) is 19.2 Å². The van der Waals surface area contributed by atoms with Crippen LogP contribution in [0.25, 0.3) is 5.76 Å². The number of aliphatic hydroxyl groups is 1. The third-order valence-electron chi connectivity index (χ3n) is 6.16. The zero-order valence-corrected chi connectivity index (χ0v) is 18.2. The van der Waals surface area contributed by atoms with E-state index in [1.807, 2.05) is 37.3 Å². The minimum atomic E-state index is -0.656. The number of aromatic nitrogens is 2. The molecule has 8 heteroatoms. The Morgan fingerprint density at radius 2 is 1.81 bits per heavy atom. The molecule has 1 atom stereocenters. The number of ketones is 1. The summed E-state index contributed by atoms with van der Waals surface area (Å²) < 4.78 is 7.06. The lowest BCUT2D eigenvalue weighted by atomic mass is 9.95. The smallest absolute Gasteiger partial charge is 0.295 e. The number of ether oxygens (including phenoxy) is 1. The van der Waals surface area contributed by atoms with E-state index in [1.165, 1.54) is 0 Å². The number of amides is 1. The number of hydrogen-bond acceptors (Lipinski definition) is 6. The highest BCUT2D eigenvalue weighted by Crippen LogP contribution is 2.40. The number of aryl methyl sites for hydroxylation is 2. The van der Waals surface area contributed by atoms with Crippen molar-refractivity contribution in [2.75, 3.05) is 39.4 Å². The van der Waals surface area contributed by atoms with Crippen LogP contribution in [-0.4, -0.2) is 75.8 Å². The van der Waals surface area contributed by atoms with Crippen LogP contribution in [0, 0.1) is 13.8 Å². The highest BCUT2D eigenvalue weighted by Gasteiger charge is 2.46. The van der Waals surface area contributed by atoms with E-state index in [2.05, 4.69) is 10.00 Å². The van der Waals surface area contributed by atoms with Crippen LogP contribution in [0.5, 0.6) is 0 Å². The lowest BCUT2D eigenvalue weighted by Crippen LogP contribution is -2.42. The van der Waals surface area contributed by atoms with E-state index >= 15 is 0 Å². The van der Waals surface area contributed by atoms with Gasteiger partial charge in [-0.15, -0.1) is 0 Å². The number of nitrogens with zero attached hydrogens (tertiary/aromatic N) is 4. The zero-order chi connectivity index (χ0) is 22.1. The first-order valence-corrected chi connectivity index (χ1v) is 10.5. The van der Waals surface area contributed by atoms with Crippen molar-refractivity contribution in [1.82, 2.24) is 19.6 Å². The molecule has 2 aromatic rings. The third-order valence-corrected chi connectivity index (χ3v) is 6.16. The highest BCUT2D eigenvalue weighted by atomic mass is 16.5. The second-order valence-electron chi connectivity index (χ2n) is 8.03. The molecule has 4 rings (SSSR count). The lowest BCUT2D eigenvalue weighted by molar-refractivity contribution is -0.140. The predicted octanol–water partition coefficient (Wildman–Crippen LogP) is 1.79. The van der Waals surface area contributed by atoms with Gasteiger partial charge in [0.2, 0.25) is 0 Å². The molecule has 0 bridgehead atoms. The highest BCUT2D eigenvalue weighted by molar-refractivity contribution is 6.46. The van der Waals surface area contributed by atoms with E-state index in [0.29, 0.717) is 37.6 Å². The molecule has 2 aliphatic heterocycles. The quantitative estimate of drug-likeness (QED) is 0.447. The maximum Gasteiger partial charge on any atom is 0.295 e. The van der Waals surface area contributed by atoms with Gasteiger partial charge in [-0.05, 0) is 19.4 Å². The van der Waals surface area contributed by atoms with Crippen LogP contribution in [0.1, 0.15) is 28.6 Å². The van der Waals surface area contributed by atoms with Crippen molar-refractivity contribution in [3.8, 4) is 0 Å². The summed E-state index contributed by atoms with van der Waals surface area (Å²) in [6.45, 7) is 7.59. The fraction of sp³-hybridized carbons (Fsp3) is 0.435. The lowest BCUT2D eigenvalue weighted by Gasteiger charge is -2.31. The van der Waals surface area contributed by atoms with E-state index in [4.69, 9.17) is 4.74 Å². The summed E-state index contributed by atoms with van der Waals surface area (Å²) >= 11 is 0. The van der Waals surface area contributed by atoms with Crippen molar-refractivity contribution >= 4 is 17.4 Å². The Labute approximate surface area is 181 Å². The van der Waals surface area contributed by atoms with Gasteiger partial charge >= 0.3 is 0 Å². The first-order valence-electron chi connectivity index (χ1n) is 10.5. The van der Waals surface area contributed by atoms with Crippen LogP contribution in [0.2, 0.25) is 0 Å². The Hall–Kier alpha value is -2.97. The number of aliphatic hydroxyl groups excluding tert-OH is 1. The van der Waals surface area contributed by atoms with Gasteiger partial charge in [0, 0.05) is 38.9 Å². The van der Waals surface area contributed by atoms with Crippen molar-refractivity contribution in [2.24, 2.45) is 7.05 Å². The molecule has 1 N–H and O–H groups in total. The van der Waals surface area contributed by atoms with E-state index < -0.39 is 17.7 Å². The monoisotopic (exact) mass is 424 g/mol. The molecular weight excluding hydrogens is 396 g/mol. The molecule has 0 unspecified atom stereocenters. The standard InChI is InChI=1S/C23H28N4O4/c1-15-18(16(2)25(3)24-15)21(28)19-20(17-7-5-4-6-8-17)27(23(30)22(19)29)10-9-26-11-13-31-14-12-26/h4-8,20,28H,9-14H2,1-3H3/t20-/m0/s1. The first-order chi connectivity index (χ1) is 14.9. The number of rotatable bonds is 5. The predicted molar refractivity (Wildman–Crippen MR) is 115 cm³/mol. The van der Waals surface area contributed by atoms with Gasteiger partial charge in [0.15, 0.2) is 0 Å².